The second-order valence-corrected chi connectivity index (χ2v) is 8.48. The van der Waals surface area contributed by atoms with Crippen LogP contribution in [0.3, 0.4) is 0 Å². The van der Waals surface area contributed by atoms with E-state index in [1.54, 1.807) is 11.0 Å². The van der Waals surface area contributed by atoms with Crippen LogP contribution in [0.5, 0.6) is 0 Å². The number of hydrogen-bond acceptors (Lipinski definition) is 2. The third-order valence-electron chi connectivity index (χ3n) is 5.89. The van der Waals surface area contributed by atoms with Gasteiger partial charge in [-0.3, -0.25) is 4.79 Å². The van der Waals surface area contributed by atoms with Crippen LogP contribution in [0, 0.1) is 0 Å². The Bertz CT molecular complexity index is 1090. The van der Waals surface area contributed by atoms with E-state index in [0.29, 0.717) is 18.7 Å². The number of imidazole rings is 1. The molecule has 7 heteroatoms. The van der Waals surface area contributed by atoms with Gasteiger partial charge >= 0.3 is 6.18 Å². The van der Waals surface area contributed by atoms with Crippen LogP contribution in [0.25, 0.3) is 11.0 Å². The van der Waals surface area contributed by atoms with Crippen LogP contribution in [-0.4, -0.2) is 33.4 Å². The van der Waals surface area contributed by atoms with Gasteiger partial charge in [-0.15, -0.1) is 0 Å². The van der Waals surface area contributed by atoms with E-state index in [9.17, 15) is 18.0 Å². The number of alkyl halides is 3. The molecule has 0 radical (unpaired) electrons. The SMILES string of the molecule is CC(C)n1c(C2CCCN(C(=O)Cc3cccc(C(F)(F)F)c3)C2)nc2ccccc21. The van der Waals surface area contributed by atoms with E-state index in [2.05, 4.69) is 24.5 Å². The number of halogens is 3. The van der Waals surface area contributed by atoms with Crippen molar-refractivity contribution in [2.24, 2.45) is 0 Å². The van der Waals surface area contributed by atoms with Gasteiger partial charge in [0.1, 0.15) is 5.82 Å². The summed E-state index contributed by atoms with van der Waals surface area (Å²) in [6, 6.07) is 13.3. The predicted molar refractivity (Wildman–Crippen MR) is 114 cm³/mol. The maximum atomic E-state index is 13.0. The standard InChI is InChI=1S/C24H26F3N3O/c1-16(2)30-21-11-4-3-10-20(21)28-23(30)18-8-6-12-29(15-18)22(31)14-17-7-5-9-19(13-17)24(25,26)27/h3-5,7,9-11,13,16,18H,6,8,12,14-15H2,1-2H3. The van der Waals surface area contributed by atoms with Gasteiger partial charge in [-0.2, -0.15) is 13.2 Å². The van der Waals surface area contributed by atoms with Gasteiger partial charge in [-0.05, 0) is 50.5 Å². The number of aromatic nitrogens is 2. The van der Waals surface area contributed by atoms with E-state index in [-0.39, 0.29) is 24.3 Å². The molecule has 4 rings (SSSR count). The Morgan fingerprint density at radius 3 is 2.68 bits per heavy atom. The molecule has 1 atom stereocenters. The number of nitrogens with zero attached hydrogens (tertiary/aromatic N) is 3. The van der Waals surface area contributed by atoms with E-state index in [4.69, 9.17) is 4.98 Å². The minimum absolute atomic E-state index is 0.0305. The van der Waals surface area contributed by atoms with E-state index < -0.39 is 11.7 Å². The van der Waals surface area contributed by atoms with Crippen LogP contribution in [0.2, 0.25) is 0 Å². The van der Waals surface area contributed by atoms with Gasteiger partial charge in [0.05, 0.1) is 23.0 Å². The van der Waals surface area contributed by atoms with Gasteiger partial charge in [0.25, 0.3) is 0 Å². The first-order valence-corrected chi connectivity index (χ1v) is 10.6. The highest BCUT2D eigenvalue weighted by molar-refractivity contribution is 5.79. The molecular weight excluding hydrogens is 403 g/mol. The first-order valence-electron chi connectivity index (χ1n) is 10.6. The quantitative estimate of drug-likeness (QED) is 0.543. The molecule has 0 saturated carbocycles. The molecule has 0 spiro atoms. The van der Waals surface area contributed by atoms with Crippen LogP contribution in [0.1, 0.15) is 55.6 Å². The summed E-state index contributed by atoms with van der Waals surface area (Å²) < 4.78 is 41.2. The lowest BCUT2D eigenvalue weighted by Gasteiger charge is -2.33. The summed E-state index contributed by atoms with van der Waals surface area (Å²) in [5, 5.41) is 0. The molecule has 1 unspecified atom stereocenters. The second-order valence-electron chi connectivity index (χ2n) is 8.48. The van der Waals surface area contributed by atoms with Crippen LogP contribution >= 0.6 is 0 Å². The summed E-state index contributed by atoms with van der Waals surface area (Å²) in [5.41, 5.74) is 1.69. The van der Waals surface area contributed by atoms with Crippen molar-refractivity contribution in [2.75, 3.05) is 13.1 Å². The molecule has 1 amide bonds. The Kier molecular flexibility index (Phi) is 5.77. The summed E-state index contributed by atoms with van der Waals surface area (Å²) in [6.07, 6.45) is -2.66. The Hall–Kier alpha value is -2.83. The largest absolute Gasteiger partial charge is 0.416 e. The zero-order chi connectivity index (χ0) is 22.2. The Labute approximate surface area is 179 Å². The Morgan fingerprint density at radius 2 is 1.94 bits per heavy atom. The zero-order valence-electron chi connectivity index (χ0n) is 17.7. The fourth-order valence-corrected chi connectivity index (χ4v) is 4.45. The molecule has 1 fully saturated rings. The molecular formula is C24H26F3N3O. The summed E-state index contributed by atoms with van der Waals surface area (Å²) in [7, 11) is 0. The number of rotatable bonds is 4. The van der Waals surface area contributed by atoms with Crippen molar-refractivity contribution in [2.45, 2.75) is 51.2 Å². The first kappa shape index (κ1) is 21.4. The summed E-state index contributed by atoms with van der Waals surface area (Å²) in [4.78, 5) is 19.6. The predicted octanol–water partition coefficient (Wildman–Crippen LogP) is 5.58. The zero-order valence-corrected chi connectivity index (χ0v) is 17.7. The lowest BCUT2D eigenvalue weighted by Crippen LogP contribution is -2.40. The molecule has 1 aromatic heterocycles. The third kappa shape index (κ3) is 4.45. The molecule has 3 aromatic rings. The minimum atomic E-state index is -4.41. The first-order chi connectivity index (χ1) is 14.7. The van der Waals surface area contributed by atoms with Crippen molar-refractivity contribution in [3.8, 4) is 0 Å². The van der Waals surface area contributed by atoms with Crippen molar-refractivity contribution >= 4 is 16.9 Å². The number of benzene rings is 2. The molecule has 2 aromatic carbocycles. The van der Waals surface area contributed by atoms with Gasteiger partial charge in [0.15, 0.2) is 0 Å². The highest BCUT2D eigenvalue weighted by atomic mass is 19.4. The maximum Gasteiger partial charge on any atom is 0.416 e. The van der Waals surface area contributed by atoms with Crippen molar-refractivity contribution in [1.82, 2.24) is 14.5 Å². The Balaban J connectivity index is 1.54. The van der Waals surface area contributed by atoms with E-state index in [1.165, 1.54) is 6.07 Å². The highest BCUT2D eigenvalue weighted by Gasteiger charge is 2.32. The number of amides is 1. The molecule has 1 aliphatic rings. The highest BCUT2D eigenvalue weighted by Crippen LogP contribution is 2.32. The lowest BCUT2D eigenvalue weighted by molar-refractivity contribution is -0.138. The average molecular weight is 429 g/mol. The fraction of sp³-hybridized carbons (Fsp3) is 0.417. The third-order valence-corrected chi connectivity index (χ3v) is 5.89. The number of hydrogen-bond donors (Lipinski definition) is 0. The fourth-order valence-electron chi connectivity index (χ4n) is 4.45. The van der Waals surface area contributed by atoms with Crippen LogP contribution in [-0.2, 0) is 17.4 Å². The lowest BCUT2D eigenvalue weighted by atomic mass is 9.96. The van der Waals surface area contributed by atoms with Crippen molar-refractivity contribution in [3.63, 3.8) is 0 Å². The van der Waals surface area contributed by atoms with Crippen molar-refractivity contribution in [1.29, 1.82) is 0 Å². The normalized spacial score (nSPS) is 17.5. The molecule has 0 aliphatic carbocycles. The number of likely N-dealkylation sites (tertiary alicyclic amines) is 1. The van der Waals surface area contributed by atoms with Gasteiger partial charge in [-0.25, -0.2) is 4.98 Å². The molecule has 31 heavy (non-hydrogen) atoms. The van der Waals surface area contributed by atoms with Gasteiger partial charge in [-0.1, -0.05) is 30.3 Å². The van der Waals surface area contributed by atoms with Crippen molar-refractivity contribution < 1.29 is 18.0 Å². The van der Waals surface area contributed by atoms with Gasteiger partial charge < -0.3 is 9.47 Å². The average Bonchev–Trinajstić information content (AvgIpc) is 3.13. The number of carbonyl (C=O) groups excluding carboxylic acids is 1. The van der Waals surface area contributed by atoms with Crippen LogP contribution in [0.15, 0.2) is 48.5 Å². The minimum Gasteiger partial charge on any atom is -0.342 e. The molecule has 4 nitrogen and oxygen atoms in total. The number of fused-ring (bicyclic) bond motifs is 1. The molecule has 1 saturated heterocycles. The van der Waals surface area contributed by atoms with Gasteiger partial charge in [0, 0.05) is 25.0 Å². The second kappa shape index (κ2) is 8.36. The maximum absolute atomic E-state index is 13.0. The molecule has 164 valence electrons. The van der Waals surface area contributed by atoms with E-state index >= 15 is 0 Å². The van der Waals surface area contributed by atoms with Gasteiger partial charge in [0.2, 0.25) is 5.91 Å². The Morgan fingerprint density at radius 1 is 1.16 bits per heavy atom. The molecule has 0 N–H and O–H groups in total. The number of piperidine rings is 1. The molecule has 2 heterocycles. The van der Waals surface area contributed by atoms with Crippen LogP contribution < -0.4 is 0 Å². The van der Waals surface area contributed by atoms with Crippen LogP contribution in [0.4, 0.5) is 13.2 Å². The molecule has 0 bridgehead atoms. The summed E-state index contributed by atoms with van der Waals surface area (Å²) in [6.45, 7) is 5.40. The van der Waals surface area contributed by atoms with Crippen molar-refractivity contribution in [3.05, 3.63) is 65.5 Å². The number of para-hydroxylation sites is 2. The number of carbonyl (C=O) groups is 1. The summed E-state index contributed by atoms with van der Waals surface area (Å²) in [5.74, 6) is 0.943. The molecule has 1 aliphatic heterocycles. The smallest absolute Gasteiger partial charge is 0.342 e. The topological polar surface area (TPSA) is 38.1 Å². The summed E-state index contributed by atoms with van der Waals surface area (Å²) >= 11 is 0. The van der Waals surface area contributed by atoms with E-state index in [1.807, 2.05) is 18.2 Å². The monoisotopic (exact) mass is 429 g/mol. The van der Waals surface area contributed by atoms with E-state index in [0.717, 1.165) is 41.8 Å².